The molecule has 1 aliphatic heterocycles. The molecule has 116 valence electrons. The van der Waals surface area contributed by atoms with E-state index in [1.54, 1.807) is 0 Å². The Morgan fingerprint density at radius 3 is 2.67 bits per heavy atom. The molecule has 0 radical (unpaired) electrons. The highest BCUT2D eigenvalue weighted by atomic mass is 16.5. The van der Waals surface area contributed by atoms with Gasteiger partial charge in [0.15, 0.2) is 0 Å². The van der Waals surface area contributed by atoms with E-state index >= 15 is 0 Å². The maximum atomic E-state index is 6.67. The van der Waals surface area contributed by atoms with Crippen LogP contribution in [0.25, 0.3) is 0 Å². The van der Waals surface area contributed by atoms with Gasteiger partial charge in [0.25, 0.3) is 0 Å². The molecule has 1 heterocycles. The van der Waals surface area contributed by atoms with Gasteiger partial charge in [-0.3, -0.25) is 0 Å². The third-order valence-electron chi connectivity index (χ3n) is 5.50. The molecule has 2 unspecified atom stereocenters. The standard InChI is InChI=1S/C19H29NO/c1-18(2)10-6-5-7-15(18)17(20)13-8-9-16-14(11-13)12-19(3,4)21-16/h8-9,11,15,17H,5-7,10,12,20H2,1-4H3. The van der Waals surface area contributed by atoms with Crippen molar-refractivity contribution >= 4 is 0 Å². The maximum Gasteiger partial charge on any atom is 0.123 e. The van der Waals surface area contributed by atoms with Crippen LogP contribution in [0.2, 0.25) is 0 Å². The van der Waals surface area contributed by atoms with Gasteiger partial charge in [0.05, 0.1) is 0 Å². The zero-order valence-electron chi connectivity index (χ0n) is 13.9. The number of ether oxygens (including phenoxy) is 1. The second kappa shape index (κ2) is 5.01. The minimum atomic E-state index is -0.0742. The highest BCUT2D eigenvalue weighted by Crippen LogP contribution is 2.46. The van der Waals surface area contributed by atoms with Gasteiger partial charge in [-0.2, -0.15) is 0 Å². The molecule has 2 aliphatic rings. The molecule has 2 atom stereocenters. The average molecular weight is 287 g/mol. The second-order valence-electron chi connectivity index (χ2n) is 8.27. The van der Waals surface area contributed by atoms with Crippen LogP contribution in [0.5, 0.6) is 5.75 Å². The summed E-state index contributed by atoms with van der Waals surface area (Å²) in [6.07, 6.45) is 6.21. The predicted molar refractivity (Wildman–Crippen MR) is 87.5 cm³/mol. The summed E-state index contributed by atoms with van der Waals surface area (Å²) in [5.41, 5.74) is 9.55. The lowest BCUT2D eigenvalue weighted by molar-refractivity contribution is 0.112. The van der Waals surface area contributed by atoms with Gasteiger partial charge < -0.3 is 10.5 Å². The summed E-state index contributed by atoms with van der Waals surface area (Å²) in [6.45, 7) is 9.07. The van der Waals surface area contributed by atoms with Gasteiger partial charge in [-0.1, -0.05) is 38.8 Å². The van der Waals surface area contributed by atoms with Crippen LogP contribution in [0, 0.1) is 11.3 Å². The van der Waals surface area contributed by atoms with Gasteiger partial charge in [0.2, 0.25) is 0 Å². The Bertz CT molecular complexity index is 532. The van der Waals surface area contributed by atoms with Crippen molar-refractivity contribution in [3.63, 3.8) is 0 Å². The Labute approximate surface area is 129 Å². The van der Waals surface area contributed by atoms with Crippen LogP contribution in [-0.2, 0) is 6.42 Å². The van der Waals surface area contributed by atoms with Crippen molar-refractivity contribution in [2.45, 2.75) is 71.4 Å². The Morgan fingerprint density at radius 1 is 1.19 bits per heavy atom. The van der Waals surface area contributed by atoms with Gasteiger partial charge >= 0.3 is 0 Å². The molecule has 2 N–H and O–H groups in total. The van der Waals surface area contributed by atoms with Crippen LogP contribution >= 0.6 is 0 Å². The molecule has 0 spiro atoms. The third kappa shape index (κ3) is 2.83. The van der Waals surface area contributed by atoms with Crippen molar-refractivity contribution < 1.29 is 4.74 Å². The van der Waals surface area contributed by atoms with Crippen molar-refractivity contribution in [2.75, 3.05) is 0 Å². The summed E-state index contributed by atoms with van der Waals surface area (Å²) < 4.78 is 5.97. The van der Waals surface area contributed by atoms with Crippen LogP contribution in [0.3, 0.4) is 0 Å². The van der Waals surface area contributed by atoms with E-state index in [9.17, 15) is 0 Å². The lowest BCUT2D eigenvalue weighted by Gasteiger charge is -2.42. The van der Waals surface area contributed by atoms with E-state index in [0.717, 1.165) is 12.2 Å². The highest BCUT2D eigenvalue weighted by molar-refractivity contribution is 5.42. The number of hydrogen-bond acceptors (Lipinski definition) is 2. The molecular formula is C19H29NO. The molecule has 1 saturated carbocycles. The third-order valence-corrected chi connectivity index (χ3v) is 5.50. The lowest BCUT2D eigenvalue weighted by Crippen LogP contribution is -2.36. The molecule has 0 bridgehead atoms. The summed E-state index contributed by atoms with van der Waals surface area (Å²) in [6, 6.07) is 6.73. The minimum Gasteiger partial charge on any atom is -0.487 e. The normalized spacial score (nSPS) is 27.8. The molecular weight excluding hydrogens is 258 g/mol. The molecule has 2 heteroatoms. The van der Waals surface area contributed by atoms with E-state index in [2.05, 4.69) is 45.9 Å². The van der Waals surface area contributed by atoms with Crippen LogP contribution in [0.15, 0.2) is 18.2 Å². The molecule has 3 rings (SSSR count). The topological polar surface area (TPSA) is 35.2 Å². The molecule has 0 amide bonds. The molecule has 1 aliphatic carbocycles. The van der Waals surface area contributed by atoms with Gasteiger partial charge in [-0.15, -0.1) is 0 Å². The minimum absolute atomic E-state index is 0.0742. The SMILES string of the molecule is CC1(C)Cc2cc(C(N)C3CCCCC3(C)C)ccc2O1. The smallest absolute Gasteiger partial charge is 0.123 e. The Balaban J connectivity index is 1.85. The molecule has 21 heavy (non-hydrogen) atoms. The fourth-order valence-corrected chi connectivity index (χ4v) is 4.26. The van der Waals surface area contributed by atoms with E-state index < -0.39 is 0 Å². The number of rotatable bonds is 2. The second-order valence-corrected chi connectivity index (χ2v) is 8.27. The molecule has 0 aromatic heterocycles. The van der Waals surface area contributed by atoms with E-state index in [4.69, 9.17) is 10.5 Å². The van der Waals surface area contributed by atoms with Crippen molar-refractivity contribution in [1.29, 1.82) is 0 Å². The monoisotopic (exact) mass is 287 g/mol. The first-order valence-corrected chi connectivity index (χ1v) is 8.36. The molecule has 1 aromatic carbocycles. The summed E-state index contributed by atoms with van der Waals surface area (Å²) in [4.78, 5) is 0. The van der Waals surface area contributed by atoms with E-state index in [1.807, 2.05) is 0 Å². The van der Waals surface area contributed by atoms with Gasteiger partial charge in [0.1, 0.15) is 11.4 Å². The Kier molecular flexibility index (Phi) is 3.56. The fraction of sp³-hybridized carbons (Fsp3) is 0.684. The lowest BCUT2D eigenvalue weighted by atomic mass is 9.65. The van der Waals surface area contributed by atoms with E-state index in [1.165, 1.54) is 36.8 Å². The average Bonchev–Trinajstić information content (AvgIpc) is 2.70. The van der Waals surface area contributed by atoms with E-state index in [-0.39, 0.29) is 11.6 Å². The van der Waals surface area contributed by atoms with Gasteiger partial charge in [-0.05, 0) is 55.2 Å². The first kappa shape index (κ1) is 14.9. The molecule has 1 aromatic rings. The zero-order valence-corrected chi connectivity index (χ0v) is 13.9. The van der Waals surface area contributed by atoms with Gasteiger partial charge in [-0.25, -0.2) is 0 Å². The number of fused-ring (bicyclic) bond motifs is 1. The number of hydrogen-bond donors (Lipinski definition) is 1. The van der Waals surface area contributed by atoms with Crippen molar-refractivity contribution in [3.8, 4) is 5.75 Å². The highest BCUT2D eigenvalue weighted by Gasteiger charge is 2.37. The van der Waals surface area contributed by atoms with Crippen LogP contribution in [0.1, 0.15) is 70.5 Å². The molecule has 0 saturated heterocycles. The summed E-state index contributed by atoms with van der Waals surface area (Å²) >= 11 is 0. The van der Waals surface area contributed by atoms with Crippen LogP contribution < -0.4 is 10.5 Å². The summed E-state index contributed by atoms with van der Waals surface area (Å²) in [5, 5.41) is 0. The zero-order chi connectivity index (χ0) is 15.3. The fourth-order valence-electron chi connectivity index (χ4n) is 4.26. The van der Waals surface area contributed by atoms with Crippen molar-refractivity contribution in [1.82, 2.24) is 0 Å². The van der Waals surface area contributed by atoms with Crippen molar-refractivity contribution in [2.24, 2.45) is 17.1 Å². The van der Waals surface area contributed by atoms with Gasteiger partial charge in [0, 0.05) is 12.5 Å². The van der Waals surface area contributed by atoms with Crippen molar-refractivity contribution in [3.05, 3.63) is 29.3 Å². The van der Waals surface area contributed by atoms with E-state index in [0.29, 0.717) is 11.3 Å². The first-order chi connectivity index (χ1) is 9.78. The summed E-state index contributed by atoms with van der Waals surface area (Å²) in [7, 11) is 0. The quantitative estimate of drug-likeness (QED) is 0.861. The predicted octanol–water partition coefficient (Wildman–Crippen LogP) is 4.62. The summed E-state index contributed by atoms with van der Waals surface area (Å²) in [5.74, 6) is 1.62. The van der Waals surface area contributed by atoms with Crippen LogP contribution in [-0.4, -0.2) is 5.60 Å². The largest absolute Gasteiger partial charge is 0.487 e. The maximum absolute atomic E-state index is 6.67. The molecule has 1 fully saturated rings. The number of nitrogens with two attached hydrogens (primary N) is 1. The Morgan fingerprint density at radius 2 is 1.95 bits per heavy atom. The Hall–Kier alpha value is -1.02. The van der Waals surface area contributed by atoms with Crippen LogP contribution in [0.4, 0.5) is 0 Å². The number of benzene rings is 1. The molecule has 2 nitrogen and oxygen atoms in total. The first-order valence-electron chi connectivity index (χ1n) is 8.36.